The van der Waals surface area contributed by atoms with Gasteiger partial charge < -0.3 is 9.47 Å². The third-order valence-corrected chi connectivity index (χ3v) is 15.3. The van der Waals surface area contributed by atoms with Crippen molar-refractivity contribution in [1.82, 2.24) is 0 Å². The number of hydrogen-bond donors (Lipinski definition) is 0. The van der Waals surface area contributed by atoms with Crippen molar-refractivity contribution < 1.29 is 34.8 Å². The van der Waals surface area contributed by atoms with Crippen LogP contribution in [0.3, 0.4) is 0 Å². The van der Waals surface area contributed by atoms with Crippen LogP contribution in [0.4, 0.5) is 5.69 Å². The Morgan fingerprint density at radius 3 is 1.63 bits per heavy atom. The van der Waals surface area contributed by atoms with Crippen molar-refractivity contribution in [3.05, 3.63) is 93.5 Å². The van der Waals surface area contributed by atoms with E-state index in [0.29, 0.717) is 23.1 Å². The molecule has 2 fully saturated rings. The Kier molecular flexibility index (Phi) is 15.8. The largest absolute Gasteiger partial charge is 0.496 e. The monoisotopic (exact) mass is 816 g/mol. The van der Waals surface area contributed by atoms with E-state index in [1.54, 1.807) is 23.5 Å². The van der Waals surface area contributed by atoms with Crippen LogP contribution in [0.2, 0.25) is 0 Å². The minimum Gasteiger partial charge on any atom is -0.496 e. The number of fused-ring (bicyclic) bond motifs is 1. The van der Waals surface area contributed by atoms with Crippen LogP contribution in [0.1, 0.15) is 140 Å². The molecular formula is C45H61NO4PPd+. The molecule has 6 rings (SSSR count). The molecule has 0 unspecified atom stereocenters. The zero-order valence-electron chi connectivity index (χ0n) is 32.7. The van der Waals surface area contributed by atoms with Gasteiger partial charge in [-0.2, -0.15) is 0 Å². The van der Waals surface area contributed by atoms with E-state index in [-0.39, 0.29) is 31.0 Å². The first-order valence-electron chi connectivity index (χ1n) is 19.5. The first kappa shape index (κ1) is 42.0. The minimum absolute atomic E-state index is 0. The van der Waals surface area contributed by atoms with Crippen molar-refractivity contribution in [2.75, 3.05) is 14.2 Å². The summed E-state index contributed by atoms with van der Waals surface area (Å²) in [5.41, 5.74) is 9.04. The fraction of sp³-hybridized carbons (Fsp3) is 0.511. The molecule has 4 aromatic carbocycles. The normalized spacial score (nSPS) is 15.5. The molecule has 52 heavy (non-hydrogen) atoms. The van der Waals surface area contributed by atoms with Gasteiger partial charge in [0.1, 0.15) is 11.1 Å². The van der Waals surface area contributed by atoms with Gasteiger partial charge in [-0.15, -0.1) is 0 Å². The second kappa shape index (κ2) is 19.5. The molecule has 0 radical (unpaired) electrons. The van der Waals surface area contributed by atoms with Gasteiger partial charge in [0.15, 0.2) is 5.75 Å². The summed E-state index contributed by atoms with van der Waals surface area (Å²) >= 11 is 0. The van der Waals surface area contributed by atoms with E-state index in [1.807, 2.05) is 32.4 Å². The number of ether oxygens (including phenoxy) is 2. The first-order chi connectivity index (χ1) is 24.6. The molecule has 0 aromatic heterocycles. The van der Waals surface area contributed by atoms with Crippen molar-refractivity contribution in [2.24, 2.45) is 0 Å². The zero-order valence-corrected chi connectivity index (χ0v) is 35.3. The molecule has 2 saturated carbocycles. The Balaban J connectivity index is 0.000000362. The van der Waals surface area contributed by atoms with E-state index in [9.17, 15) is 10.1 Å². The molecule has 0 spiro atoms. The topological polar surface area (TPSA) is 61.6 Å². The number of nitro benzene ring substituents is 1. The molecule has 0 N–H and O–H groups in total. The van der Waals surface area contributed by atoms with E-state index >= 15 is 0 Å². The minimum atomic E-state index is -0.889. The van der Waals surface area contributed by atoms with Gasteiger partial charge in [0.25, 0.3) is 5.69 Å². The third kappa shape index (κ3) is 9.47. The van der Waals surface area contributed by atoms with E-state index in [4.69, 9.17) is 9.47 Å². The van der Waals surface area contributed by atoms with Crippen molar-refractivity contribution >= 4 is 29.7 Å². The summed E-state index contributed by atoms with van der Waals surface area (Å²) in [7, 11) is 2.88. The number of nitrogens with zero attached hydrogens (tertiary/aromatic N) is 1. The molecule has 5 nitrogen and oxygen atoms in total. The average molecular weight is 817 g/mol. The van der Waals surface area contributed by atoms with E-state index in [1.165, 1.54) is 98.1 Å². The Morgan fingerprint density at radius 2 is 1.15 bits per heavy atom. The number of hydrogen-bond acceptors (Lipinski definition) is 4. The van der Waals surface area contributed by atoms with Gasteiger partial charge >= 0.3 is 0 Å². The number of non-ortho nitro benzene ring substituents is 1. The van der Waals surface area contributed by atoms with Crippen molar-refractivity contribution in [1.29, 1.82) is 0 Å². The molecule has 0 atom stereocenters. The van der Waals surface area contributed by atoms with Crippen molar-refractivity contribution in [3.8, 4) is 22.6 Å². The summed E-state index contributed by atoms with van der Waals surface area (Å²) < 4.78 is 12.6. The molecule has 0 amide bonds. The van der Waals surface area contributed by atoms with Crippen LogP contribution in [-0.4, -0.2) is 30.5 Å². The molecule has 0 saturated heterocycles. The van der Waals surface area contributed by atoms with E-state index in [0.717, 1.165) is 28.2 Å². The maximum Gasteiger partial charge on any atom is 0.277 e. The number of benzene rings is 4. The summed E-state index contributed by atoms with van der Waals surface area (Å²) in [6.45, 7) is 14.1. The van der Waals surface area contributed by atoms with Crippen LogP contribution in [0.5, 0.6) is 11.5 Å². The third-order valence-electron chi connectivity index (χ3n) is 11.3. The molecule has 0 aliphatic heterocycles. The Morgan fingerprint density at radius 1 is 0.654 bits per heavy atom. The molecule has 284 valence electrons. The summed E-state index contributed by atoms with van der Waals surface area (Å²) in [6, 6.07) is 21.8. The van der Waals surface area contributed by atoms with Gasteiger partial charge in [-0.05, 0) is 115 Å². The van der Waals surface area contributed by atoms with Gasteiger partial charge in [-0.3, -0.25) is 10.1 Å². The summed E-state index contributed by atoms with van der Waals surface area (Å²) in [5.74, 6) is 3.53. The number of rotatable bonds is 10. The SMILES string of the molecule is COc1ccc(OC)c([PH+](C2CCCCC2)C2CCCCC2)c1-c1c(C(C)C)cc(C(C)C)cc1C(C)C.O=[N+]([O-])c1cccc2ccccc12.[Pd]. The number of nitro groups is 1. The fourth-order valence-corrected chi connectivity index (χ4v) is 13.2. The second-order valence-electron chi connectivity index (χ2n) is 15.6. The van der Waals surface area contributed by atoms with Crippen LogP contribution in [0.15, 0.2) is 66.7 Å². The Labute approximate surface area is 328 Å². The summed E-state index contributed by atoms with van der Waals surface area (Å²) in [6.07, 6.45) is 14.0. The molecule has 2 aliphatic carbocycles. The quantitative estimate of drug-likeness (QED) is 0.0692. The van der Waals surface area contributed by atoms with Crippen molar-refractivity contribution in [2.45, 2.75) is 135 Å². The van der Waals surface area contributed by atoms with E-state index in [2.05, 4.69) is 65.8 Å². The van der Waals surface area contributed by atoms with Crippen LogP contribution in [0.25, 0.3) is 21.9 Å². The van der Waals surface area contributed by atoms with Crippen LogP contribution in [0, 0.1) is 10.1 Å². The Hall–Kier alpha value is -2.77. The van der Waals surface area contributed by atoms with Gasteiger partial charge in [-0.25, -0.2) is 0 Å². The van der Waals surface area contributed by atoms with Crippen LogP contribution >= 0.6 is 7.92 Å². The van der Waals surface area contributed by atoms with E-state index < -0.39 is 7.92 Å². The molecular weight excluding hydrogens is 756 g/mol. The second-order valence-corrected chi connectivity index (χ2v) is 18.7. The van der Waals surface area contributed by atoms with Gasteiger partial charge in [0, 0.05) is 34.4 Å². The smallest absolute Gasteiger partial charge is 0.277 e. The Bertz CT molecular complexity index is 1720. The van der Waals surface area contributed by atoms with Gasteiger partial charge in [0.05, 0.1) is 41.4 Å². The fourth-order valence-electron chi connectivity index (χ4n) is 8.62. The first-order valence-corrected chi connectivity index (χ1v) is 21.1. The standard InChI is InChI=1S/C35H53O2P.C10H7NO2.Pd/c1-23(2)26-21-29(24(3)4)33(30(22-26)25(5)6)34-31(36-7)19-20-32(37-8)35(34)38(27-15-11-9-12-16-27)28-17-13-10-14-18-28;12-11(13)10-7-3-5-8-4-1-2-6-9(8)10;/h19-25,27-28H,9-18H2,1-8H3;1-7H;/p+1. The molecule has 2 aliphatic rings. The molecule has 7 heteroatoms. The zero-order chi connectivity index (χ0) is 36.7. The van der Waals surface area contributed by atoms with Crippen LogP contribution in [-0.2, 0) is 20.4 Å². The van der Waals surface area contributed by atoms with Gasteiger partial charge in [-0.1, -0.05) is 96.8 Å². The number of methoxy groups -OCH3 is 2. The maximum atomic E-state index is 10.6. The maximum absolute atomic E-state index is 10.6. The predicted molar refractivity (Wildman–Crippen MR) is 220 cm³/mol. The molecule has 0 bridgehead atoms. The molecule has 4 aromatic rings. The average Bonchev–Trinajstić information content (AvgIpc) is 3.15. The predicted octanol–water partition coefficient (Wildman–Crippen LogP) is 13.0. The van der Waals surface area contributed by atoms with Crippen molar-refractivity contribution in [3.63, 3.8) is 0 Å². The van der Waals surface area contributed by atoms with Gasteiger partial charge in [0.2, 0.25) is 0 Å². The summed E-state index contributed by atoms with van der Waals surface area (Å²) in [5, 5.41) is 13.8. The van der Waals surface area contributed by atoms with Crippen LogP contribution < -0.4 is 14.8 Å². The molecule has 0 heterocycles. The summed E-state index contributed by atoms with van der Waals surface area (Å²) in [4.78, 5) is 10.3.